The molecule has 0 heterocycles. The molecule has 0 aliphatic carbocycles. The van der Waals surface area contributed by atoms with Crippen LogP contribution < -0.4 is 5.32 Å². The van der Waals surface area contributed by atoms with Crippen LogP contribution in [-0.4, -0.2) is 36.3 Å². The molecule has 3 N–H and O–H groups in total. The Balaban J connectivity index is 3.17. The Hall–Kier alpha value is -0.810. The highest BCUT2D eigenvalue weighted by Gasteiger charge is 2.00. The standard InChI is InChI=1S/C4H9NO4/c1-9-4(8)5-2-3(6)7/h3,6-7H,2H2,1H3,(H,5,8). The Bertz CT molecular complexity index is 92.6. The first-order valence-electron chi connectivity index (χ1n) is 2.34. The first kappa shape index (κ1) is 8.19. The number of carbonyl (C=O) groups is 1. The van der Waals surface area contributed by atoms with E-state index in [2.05, 4.69) is 10.1 Å². The number of aliphatic hydroxyl groups excluding tert-OH is 1. The van der Waals surface area contributed by atoms with Gasteiger partial charge in [-0.1, -0.05) is 0 Å². The van der Waals surface area contributed by atoms with E-state index >= 15 is 0 Å². The van der Waals surface area contributed by atoms with Crippen LogP contribution in [0.5, 0.6) is 0 Å². The molecule has 0 radical (unpaired) electrons. The van der Waals surface area contributed by atoms with Crippen LogP contribution in [0.4, 0.5) is 4.79 Å². The van der Waals surface area contributed by atoms with Crippen LogP contribution in [0.25, 0.3) is 0 Å². The van der Waals surface area contributed by atoms with Gasteiger partial charge in [-0.25, -0.2) is 4.79 Å². The molecule has 0 aromatic heterocycles. The summed E-state index contributed by atoms with van der Waals surface area (Å²) in [4.78, 5) is 10.2. The van der Waals surface area contributed by atoms with Gasteiger partial charge in [-0.3, -0.25) is 0 Å². The highest BCUT2D eigenvalue weighted by Crippen LogP contribution is 1.72. The van der Waals surface area contributed by atoms with Gasteiger partial charge >= 0.3 is 6.09 Å². The minimum Gasteiger partial charge on any atom is -0.453 e. The van der Waals surface area contributed by atoms with Crippen LogP contribution in [-0.2, 0) is 4.74 Å². The zero-order valence-corrected chi connectivity index (χ0v) is 5.00. The Kier molecular flexibility index (Phi) is 3.74. The molecule has 0 aliphatic heterocycles. The predicted octanol–water partition coefficient (Wildman–Crippen LogP) is -1.35. The molecule has 54 valence electrons. The fraction of sp³-hybridized carbons (Fsp3) is 0.750. The molecule has 0 fully saturated rings. The average molecular weight is 135 g/mol. The third-order valence-corrected chi connectivity index (χ3v) is 0.614. The Morgan fingerprint density at radius 2 is 2.33 bits per heavy atom. The third-order valence-electron chi connectivity index (χ3n) is 0.614. The van der Waals surface area contributed by atoms with Gasteiger partial charge in [-0.2, -0.15) is 0 Å². The molecule has 0 aromatic rings. The van der Waals surface area contributed by atoms with Gasteiger partial charge in [0.1, 0.15) is 0 Å². The molecule has 0 aromatic carbocycles. The molecule has 1 amide bonds. The van der Waals surface area contributed by atoms with Gasteiger partial charge in [0.05, 0.1) is 13.7 Å². The monoisotopic (exact) mass is 135 g/mol. The van der Waals surface area contributed by atoms with E-state index in [0.717, 1.165) is 0 Å². The molecular formula is C4H9NO4. The minimum absolute atomic E-state index is 0.216. The Morgan fingerprint density at radius 1 is 1.78 bits per heavy atom. The predicted molar refractivity (Wildman–Crippen MR) is 28.6 cm³/mol. The topological polar surface area (TPSA) is 78.8 Å². The van der Waals surface area contributed by atoms with Gasteiger partial charge < -0.3 is 20.3 Å². The van der Waals surface area contributed by atoms with E-state index < -0.39 is 12.4 Å². The first-order valence-corrected chi connectivity index (χ1v) is 2.34. The van der Waals surface area contributed by atoms with Crippen molar-refractivity contribution in [3.8, 4) is 0 Å². The maximum absolute atomic E-state index is 10.2. The number of carbonyl (C=O) groups excluding carboxylic acids is 1. The lowest BCUT2D eigenvalue weighted by molar-refractivity contribution is -0.0365. The van der Waals surface area contributed by atoms with Crippen LogP contribution in [0.3, 0.4) is 0 Å². The zero-order valence-electron chi connectivity index (χ0n) is 5.00. The van der Waals surface area contributed by atoms with Crippen molar-refractivity contribution in [2.75, 3.05) is 13.7 Å². The second-order valence-corrected chi connectivity index (χ2v) is 1.35. The summed E-state index contributed by atoms with van der Waals surface area (Å²) < 4.78 is 4.13. The molecule has 0 atom stereocenters. The van der Waals surface area contributed by atoms with Crippen molar-refractivity contribution in [3.05, 3.63) is 0 Å². The molecule has 0 aliphatic rings. The molecule has 0 rings (SSSR count). The summed E-state index contributed by atoms with van der Waals surface area (Å²) >= 11 is 0. The molecule has 0 spiro atoms. The lowest BCUT2D eigenvalue weighted by Gasteiger charge is -2.03. The third kappa shape index (κ3) is 5.05. The van der Waals surface area contributed by atoms with E-state index in [1.54, 1.807) is 0 Å². The van der Waals surface area contributed by atoms with Gasteiger partial charge in [0.25, 0.3) is 0 Å². The van der Waals surface area contributed by atoms with E-state index in [0.29, 0.717) is 0 Å². The van der Waals surface area contributed by atoms with E-state index in [9.17, 15) is 4.79 Å². The van der Waals surface area contributed by atoms with Crippen molar-refractivity contribution >= 4 is 6.09 Å². The van der Waals surface area contributed by atoms with Crippen molar-refractivity contribution in [2.24, 2.45) is 0 Å². The Labute approximate surface area is 52.2 Å². The summed E-state index contributed by atoms with van der Waals surface area (Å²) in [6, 6.07) is 0. The van der Waals surface area contributed by atoms with Gasteiger partial charge in [-0.15, -0.1) is 0 Å². The number of amides is 1. The molecule has 0 saturated heterocycles. The summed E-state index contributed by atoms with van der Waals surface area (Å²) in [5.74, 6) is 0. The quantitative estimate of drug-likeness (QED) is 0.409. The number of nitrogens with one attached hydrogen (secondary N) is 1. The fourth-order valence-corrected chi connectivity index (χ4v) is 0.247. The lowest BCUT2D eigenvalue weighted by atomic mass is 10.6. The number of methoxy groups -OCH3 is 1. The SMILES string of the molecule is COC(=O)NCC(O)O. The normalized spacial score (nSPS) is 9.33. The molecule has 5 nitrogen and oxygen atoms in total. The molecule has 0 unspecified atom stereocenters. The van der Waals surface area contributed by atoms with Crippen molar-refractivity contribution < 1.29 is 19.7 Å². The number of aliphatic hydroxyl groups is 2. The van der Waals surface area contributed by atoms with E-state index in [1.807, 2.05) is 0 Å². The van der Waals surface area contributed by atoms with E-state index in [4.69, 9.17) is 10.2 Å². The molecule has 9 heavy (non-hydrogen) atoms. The summed E-state index contributed by atoms with van der Waals surface area (Å²) in [6.45, 7) is -0.216. The van der Waals surface area contributed by atoms with Crippen LogP contribution >= 0.6 is 0 Å². The van der Waals surface area contributed by atoms with Gasteiger partial charge in [-0.05, 0) is 0 Å². The summed E-state index contributed by atoms with van der Waals surface area (Å²) in [5, 5.41) is 18.4. The van der Waals surface area contributed by atoms with Crippen molar-refractivity contribution in [2.45, 2.75) is 6.29 Å². The highest BCUT2D eigenvalue weighted by atomic mass is 16.5. The summed E-state index contributed by atoms with van der Waals surface area (Å²) in [5.41, 5.74) is 0. The van der Waals surface area contributed by atoms with Crippen LogP contribution in [0.1, 0.15) is 0 Å². The fourth-order valence-electron chi connectivity index (χ4n) is 0.247. The van der Waals surface area contributed by atoms with Crippen LogP contribution in [0.2, 0.25) is 0 Å². The van der Waals surface area contributed by atoms with E-state index in [-0.39, 0.29) is 6.54 Å². The van der Waals surface area contributed by atoms with Crippen molar-refractivity contribution in [1.82, 2.24) is 5.32 Å². The van der Waals surface area contributed by atoms with Crippen molar-refractivity contribution in [3.63, 3.8) is 0 Å². The summed E-state index contributed by atoms with van der Waals surface area (Å²) in [7, 11) is 1.19. The number of ether oxygens (including phenoxy) is 1. The number of hydrogen-bond donors (Lipinski definition) is 3. The Morgan fingerprint density at radius 3 is 2.67 bits per heavy atom. The highest BCUT2D eigenvalue weighted by molar-refractivity contribution is 5.66. The second kappa shape index (κ2) is 4.11. The summed E-state index contributed by atoms with van der Waals surface area (Å²) in [6.07, 6.45) is -2.20. The van der Waals surface area contributed by atoms with Crippen LogP contribution in [0.15, 0.2) is 0 Å². The van der Waals surface area contributed by atoms with Crippen LogP contribution in [0, 0.1) is 0 Å². The van der Waals surface area contributed by atoms with Crippen molar-refractivity contribution in [1.29, 1.82) is 0 Å². The zero-order chi connectivity index (χ0) is 7.28. The average Bonchev–Trinajstić information content (AvgIpc) is 1.83. The largest absolute Gasteiger partial charge is 0.453 e. The van der Waals surface area contributed by atoms with Gasteiger partial charge in [0.2, 0.25) is 0 Å². The molecule has 5 heteroatoms. The second-order valence-electron chi connectivity index (χ2n) is 1.35. The van der Waals surface area contributed by atoms with E-state index in [1.165, 1.54) is 7.11 Å². The minimum atomic E-state index is -1.52. The first-order chi connectivity index (χ1) is 4.16. The maximum Gasteiger partial charge on any atom is 0.407 e. The van der Waals surface area contributed by atoms with Gasteiger partial charge in [0, 0.05) is 0 Å². The molecular weight excluding hydrogens is 126 g/mol. The van der Waals surface area contributed by atoms with Gasteiger partial charge in [0.15, 0.2) is 6.29 Å². The maximum atomic E-state index is 10.2. The molecule has 0 bridgehead atoms. The molecule has 0 saturated carbocycles. The number of alkyl carbamates (subject to hydrolysis) is 1. The smallest absolute Gasteiger partial charge is 0.407 e. The number of rotatable bonds is 2. The number of hydrogen-bond acceptors (Lipinski definition) is 4. The lowest BCUT2D eigenvalue weighted by Crippen LogP contribution is -2.31.